The fraction of sp³-hybridized carbons (Fsp3) is 0.320. The van der Waals surface area contributed by atoms with E-state index in [1.807, 2.05) is 45.0 Å². The van der Waals surface area contributed by atoms with Crippen molar-refractivity contribution in [2.24, 2.45) is 0 Å². The minimum absolute atomic E-state index is 0.280. The number of rotatable bonds is 4. The molecule has 0 spiro atoms. The zero-order chi connectivity index (χ0) is 20.4. The minimum atomic E-state index is -0.486. The second-order valence-corrected chi connectivity index (χ2v) is 8.48. The number of hydrogen-bond acceptors (Lipinski definition) is 3. The molecular weight excluding hydrogens is 362 g/mol. The summed E-state index contributed by atoms with van der Waals surface area (Å²) in [6.07, 6.45) is 3.55. The molecule has 0 amide bonds. The fourth-order valence-corrected chi connectivity index (χ4v) is 3.76. The predicted molar refractivity (Wildman–Crippen MR) is 116 cm³/mol. The van der Waals surface area contributed by atoms with Gasteiger partial charge in [-0.3, -0.25) is 0 Å². The summed E-state index contributed by atoms with van der Waals surface area (Å²) in [5.41, 5.74) is 3.96. The van der Waals surface area contributed by atoms with Crippen molar-refractivity contribution in [1.82, 2.24) is 4.57 Å². The number of aromatic nitrogens is 1. The van der Waals surface area contributed by atoms with E-state index in [2.05, 4.69) is 34.9 Å². The first-order chi connectivity index (χ1) is 13.9. The predicted octanol–water partition coefficient (Wildman–Crippen LogP) is 5.74. The van der Waals surface area contributed by atoms with Gasteiger partial charge in [-0.25, -0.2) is 4.79 Å². The van der Waals surface area contributed by atoms with Crippen molar-refractivity contribution in [3.8, 4) is 5.75 Å². The van der Waals surface area contributed by atoms with Gasteiger partial charge in [0, 0.05) is 29.2 Å². The van der Waals surface area contributed by atoms with Crippen LogP contribution in [0.15, 0.2) is 60.7 Å². The number of nitrogens with zero attached hydrogens (tertiary/aromatic N) is 1. The SMILES string of the molecule is CC(C)(C)OC(=O)/C=C1/CCCn2c1cc1cc(OCc3ccccc3)ccc12. The smallest absolute Gasteiger partial charge is 0.331 e. The van der Waals surface area contributed by atoms with Gasteiger partial charge in [0.2, 0.25) is 0 Å². The Labute approximate surface area is 171 Å². The number of aryl methyl sites for hydroxylation is 1. The lowest BCUT2D eigenvalue weighted by Crippen LogP contribution is -2.23. The standard InChI is InChI=1S/C25H27NO3/c1-25(2,3)29-24(27)16-19-10-7-13-26-22-12-11-21(14-20(22)15-23(19)26)28-17-18-8-5-4-6-9-18/h4-6,8-9,11-12,14-16H,7,10,13,17H2,1-3H3/b19-16-. The molecule has 0 N–H and O–H groups in total. The second kappa shape index (κ2) is 7.78. The van der Waals surface area contributed by atoms with Crippen LogP contribution in [0.2, 0.25) is 0 Å². The van der Waals surface area contributed by atoms with E-state index in [-0.39, 0.29) is 5.97 Å². The first kappa shape index (κ1) is 19.3. The average molecular weight is 389 g/mol. The number of benzene rings is 2. The summed E-state index contributed by atoms with van der Waals surface area (Å²) in [5, 5.41) is 1.13. The number of carbonyl (C=O) groups is 1. The summed E-state index contributed by atoms with van der Waals surface area (Å²) in [7, 11) is 0. The molecule has 4 rings (SSSR count). The number of ether oxygens (including phenoxy) is 2. The highest BCUT2D eigenvalue weighted by Crippen LogP contribution is 2.34. The molecule has 1 aliphatic heterocycles. The molecule has 0 aliphatic carbocycles. The maximum Gasteiger partial charge on any atom is 0.331 e. The molecule has 4 nitrogen and oxygen atoms in total. The van der Waals surface area contributed by atoms with Gasteiger partial charge in [0.25, 0.3) is 0 Å². The van der Waals surface area contributed by atoms with E-state index >= 15 is 0 Å². The van der Waals surface area contributed by atoms with Gasteiger partial charge >= 0.3 is 5.97 Å². The van der Waals surface area contributed by atoms with E-state index in [0.29, 0.717) is 6.61 Å². The number of hydrogen-bond donors (Lipinski definition) is 0. The quantitative estimate of drug-likeness (QED) is 0.422. The Kier molecular flexibility index (Phi) is 5.18. The molecule has 0 unspecified atom stereocenters. The Bertz CT molecular complexity index is 1050. The van der Waals surface area contributed by atoms with Crippen LogP contribution in [0.1, 0.15) is 44.9 Å². The van der Waals surface area contributed by atoms with Crippen molar-refractivity contribution < 1.29 is 14.3 Å². The molecule has 2 heterocycles. The maximum absolute atomic E-state index is 12.3. The lowest BCUT2D eigenvalue weighted by atomic mass is 10.0. The van der Waals surface area contributed by atoms with Gasteiger partial charge in [-0.2, -0.15) is 0 Å². The zero-order valence-corrected chi connectivity index (χ0v) is 17.3. The Morgan fingerprint density at radius 1 is 1.10 bits per heavy atom. The number of fused-ring (bicyclic) bond motifs is 3. The van der Waals surface area contributed by atoms with Gasteiger partial charge in [-0.15, -0.1) is 0 Å². The van der Waals surface area contributed by atoms with Crippen LogP contribution in [0.3, 0.4) is 0 Å². The van der Waals surface area contributed by atoms with Gasteiger partial charge in [-0.1, -0.05) is 30.3 Å². The molecule has 1 aromatic heterocycles. The van der Waals surface area contributed by atoms with Crippen molar-refractivity contribution in [2.45, 2.75) is 52.4 Å². The molecule has 0 radical (unpaired) electrons. The zero-order valence-electron chi connectivity index (χ0n) is 17.3. The highest BCUT2D eigenvalue weighted by atomic mass is 16.6. The number of allylic oxidation sites excluding steroid dienone is 1. The normalized spacial score (nSPS) is 15.3. The van der Waals surface area contributed by atoms with Crippen LogP contribution in [-0.4, -0.2) is 16.1 Å². The minimum Gasteiger partial charge on any atom is -0.489 e. The summed E-state index contributed by atoms with van der Waals surface area (Å²) >= 11 is 0. The third-order valence-corrected chi connectivity index (χ3v) is 4.98. The molecule has 150 valence electrons. The Morgan fingerprint density at radius 2 is 1.90 bits per heavy atom. The maximum atomic E-state index is 12.3. The topological polar surface area (TPSA) is 40.5 Å². The summed E-state index contributed by atoms with van der Waals surface area (Å²) in [5.74, 6) is 0.570. The third kappa shape index (κ3) is 4.53. The van der Waals surface area contributed by atoms with Gasteiger partial charge in [0.15, 0.2) is 0 Å². The Hall–Kier alpha value is -3.01. The molecule has 0 fully saturated rings. The van der Waals surface area contributed by atoms with E-state index < -0.39 is 5.60 Å². The lowest BCUT2D eigenvalue weighted by molar-refractivity contribution is -0.148. The summed E-state index contributed by atoms with van der Waals surface area (Å²) in [4.78, 5) is 12.3. The Balaban J connectivity index is 1.59. The first-order valence-electron chi connectivity index (χ1n) is 10.1. The van der Waals surface area contributed by atoms with E-state index in [4.69, 9.17) is 9.47 Å². The van der Waals surface area contributed by atoms with Crippen molar-refractivity contribution in [2.75, 3.05) is 0 Å². The van der Waals surface area contributed by atoms with Gasteiger partial charge in [0.1, 0.15) is 18.0 Å². The molecule has 2 aromatic carbocycles. The largest absolute Gasteiger partial charge is 0.489 e. The van der Waals surface area contributed by atoms with E-state index in [1.165, 1.54) is 5.52 Å². The molecule has 0 saturated carbocycles. The van der Waals surface area contributed by atoms with E-state index in [9.17, 15) is 4.79 Å². The van der Waals surface area contributed by atoms with E-state index in [0.717, 1.165) is 47.4 Å². The van der Waals surface area contributed by atoms with Crippen molar-refractivity contribution in [3.63, 3.8) is 0 Å². The van der Waals surface area contributed by atoms with Crippen LogP contribution >= 0.6 is 0 Å². The van der Waals surface area contributed by atoms with Gasteiger partial charge in [0.05, 0.1) is 0 Å². The highest BCUT2D eigenvalue weighted by Gasteiger charge is 2.20. The van der Waals surface area contributed by atoms with Crippen LogP contribution in [0.25, 0.3) is 16.5 Å². The van der Waals surface area contributed by atoms with Crippen LogP contribution in [0.4, 0.5) is 0 Å². The van der Waals surface area contributed by atoms with Crippen LogP contribution < -0.4 is 4.74 Å². The van der Waals surface area contributed by atoms with Crippen molar-refractivity contribution >= 4 is 22.4 Å². The summed E-state index contributed by atoms with van der Waals surface area (Å²) in [6.45, 7) is 7.16. The first-order valence-corrected chi connectivity index (χ1v) is 10.1. The monoisotopic (exact) mass is 389 g/mol. The Morgan fingerprint density at radius 3 is 2.66 bits per heavy atom. The molecule has 0 saturated heterocycles. The second-order valence-electron chi connectivity index (χ2n) is 8.48. The average Bonchev–Trinajstić information content (AvgIpc) is 3.05. The van der Waals surface area contributed by atoms with Crippen LogP contribution in [0, 0.1) is 0 Å². The molecule has 3 aromatic rings. The molecule has 1 aliphatic rings. The lowest BCUT2D eigenvalue weighted by Gasteiger charge is -2.21. The van der Waals surface area contributed by atoms with Crippen molar-refractivity contribution in [1.29, 1.82) is 0 Å². The summed E-state index contributed by atoms with van der Waals surface area (Å²) in [6, 6.07) is 18.5. The van der Waals surface area contributed by atoms with Crippen molar-refractivity contribution in [3.05, 3.63) is 71.9 Å². The van der Waals surface area contributed by atoms with Gasteiger partial charge < -0.3 is 14.0 Å². The fourth-order valence-electron chi connectivity index (χ4n) is 3.76. The van der Waals surface area contributed by atoms with Crippen LogP contribution in [-0.2, 0) is 22.7 Å². The van der Waals surface area contributed by atoms with Crippen LogP contribution in [0.5, 0.6) is 5.75 Å². The van der Waals surface area contributed by atoms with Gasteiger partial charge in [-0.05, 0) is 69.0 Å². The summed E-state index contributed by atoms with van der Waals surface area (Å²) < 4.78 is 13.7. The number of esters is 1. The molecule has 0 bridgehead atoms. The molecule has 29 heavy (non-hydrogen) atoms. The molecule has 4 heteroatoms. The molecular formula is C25H27NO3. The number of carbonyl (C=O) groups excluding carboxylic acids is 1. The third-order valence-electron chi connectivity index (χ3n) is 4.98. The molecule has 0 atom stereocenters. The van der Waals surface area contributed by atoms with E-state index in [1.54, 1.807) is 6.08 Å². The highest BCUT2D eigenvalue weighted by molar-refractivity contribution is 5.94.